The summed E-state index contributed by atoms with van der Waals surface area (Å²) < 4.78 is 0. The van der Waals surface area contributed by atoms with Gasteiger partial charge < -0.3 is 10.4 Å². The SMILES string of the molecule is O=C1N[C@@H](c2ccccc2)/C(=C(\O)c2ccccc2)C1=O. The number of ketones is 1. The minimum Gasteiger partial charge on any atom is -0.507 e. The van der Waals surface area contributed by atoms with E-state index in [4.69, 9.17) is 0 Å². The monoisotopic (exact) mass is 279 g/mol. The van der Waals surface area contributed by atoms with E-state index in [1.54, 1.807) is 24.3 Å². The van der Waals surface area contributed by atoms with Crippen molar-refractivity contribution < 1.29 is 14.7 Å². The Balaban J connectivity index is 2.13. The van der Waals surface area contributed by atoms with Crippen LogP contribution in [0.3, 0.4) is 0 Å². The molecule has 4 nitrogen and oxygen atoms in total. The lowest BCUT2D eigenvalue weighted by Crippen LogP contribution is -2.21. The number of hydrogen-bond acceptors (Lipinski definition) is 3. The van der Waals surface area contributed by atoms with Gasteiger partial charge >= 0.3 is 0 Å². The third-order valence-electron chi connectivity index (χ3n) is 3.45. The molecular weight excluding hydrogens is 266 g/mol. The molecule has 1 aliphatic rings. The van der Waals surface area contributed by atoms with E-state index in [0.29, 0.717) is 5.56 Å². The topological polar surface area (TPSA) is 66.4 Å². The zero-order valence-electron chi connectivity index (χ0n) is 11.1. The normalized spacial score (nSPS) is 20.3. The van der Waals surface area contributed by atoms with Gasteiger partial charge in [0.2, 0.25) is 0 Å². The predicted molar refractivity (Wildman–Crippen MR) is 78.3 cm³/mol. The molecular formula is C17H13NO3. The molecule has 0 saturated carbocycles. The first-order chi connectivity index (χ1) is 10.2. The van der Waals surface area contributed by atoms with E-state index < -0.39 is 17.7 Å². The lowest BCUT2D eigenvalue weighted by atomic mass is 9.96. The van der Waals surface area contributed by atoms with E-state index in [1.807, 2.05) is 36.4 Å². The molecule has 2 aromatic carbocycles. The maximum Gasteiger partial charge on any atom is 0.293 e. The van der Waals surface area contributed by atoms with Crippen LogP contribution >= 0.6 is 0 Å². The van der Waals surface area contributed by atoms with Gasteiger partial charge in [-0.3, -0.25) is 9.59 Å². The maximum absolute atomic E-state index is 12.1. The Bertz CT molecular complexity index is 720. The Morgan fingerprint density at radius 1 is 0.905 bits per heavy atom. The van der Waals surface area contributed by atoms with E-state index in [1.165, 1.54) is 0 Å². The van der Waals surface area contributed by atoms with Crippen LogP contribution < -0.4 is 5.32 Å². The smallest absolute Gasteiger partial charge is 0.293 e. The summed E-state index contributed by atoms with van der Waals surface area (Å²) in [6.07, 6.45) is 0. The van der Waals surface area contributed by atoms with E-state index >= 15 is 0 Å². The molecule has 1 aliphatic heterocycles. The van der Waals surface area contributed by atoms with Crippen LogP contribution in [-0.4, -0.2) is 16.8 Å². The Morgan fingerprint density at radius 2 is 1.48 bits per heavy atom. The predicted octanol–water partition coefficient (Wildman–Crippen LogP) is 2.40. The van der Waals surface area contributed by atoms with Crippen LogP contribution in [0.15, 0.2) is 66.2 Å². The number of nitrogens with one attached hydrogen (secondary N) is 1. The second kappa shape index (κ2) is 5.25. The zero-order chi connectivity index (χ0) is 14.8. The summed E-state index contributed by atoms with van der Waals surface area (Å²) >= 11 is 0. The number of carbonyl (C=O) groups excluding carboxylic acids is 2. The lowest BCUT2D eigenvalue weighted by Gasteiger charge is -2.13. The van der Waals surface area contributed by atoms with Gasteiger partial charge in [0.15, 0.2) is 0 Å². The summed E-state index contributed by atoms with van der Waals surface area (Å²) in [4.78, 5) is 23.8. The molecule has 1 saturated heterocycles. The number of rotatable bonds is 2. The summed E-state index contributed by atoms with van der Waals surface area (Å²) in [6.45, 7) is 0. The first-order valence-electron chi connectivity index (χ1n) is 6.57. The number of carbonyl (C=O) groups is 2. The van der Waals surface area contributed by atoms with Crippen LogP contribution in [0.1, 0.15) is 17.2 Å². The van der Waals surface area contributed by atoms with Crippen LogP contribution in [0.2, 0.25) is 0 Å². The molecule has 2 N–H and O–H groups in total. The van der Waals surface area contributed by atoms with Gasteiger partial charge in [-0.25, -0.2) is 0 Å². The fraction of sp³-hybridized carbons (Fsp3) is 0.0588. The van der Waals surface area contributed by atoms with Crippen molar-refractivity contribution in [3.8, 4) is 0 Å². The Labute approximate surface area is 121 Å². The van der Waals surface area contributed by atoms with E-state index in [2.05, 4.69) is 5.32 Å². The summed E-state index contributed by atoms with van der Waals surface area (Å²) in [7, 11) is 0. The molecule has 2 aromatic rings. The average molecular weight is 279 g/mol. The fourth-order valence-electron chi connectivity index (χ4n) is 2.41. The number of amides is 1. The van der Waals surface area contributed by atoms with Crippen molar-refractivity contribution in [2.24, 2.45) is 0 Å². The van der Waals surface area contributed by atoms with Crippen molar-refractivity contribution in [1.29, 1.82) is 0 Å². The van der Waals surface area contributed by atoms with Gasteiger partial charge in [0, 0.05) is 5.56 Å². The van der Waals surface area contributed by atoms with Crippen molar-refractivity contribution in [1.82, 2.24) is 5.32 Å². The van der Waals surface area contributed by atoms with Gasteiger partial charge in [-0.05, 0) is 5.56 Å². The van der Waals surface area contributed by atoms with Crippen molar-refractivity contribution in [3.63, 3.8) is 0 Å². The molecule has 0 aromatic heterocycles. The Kier molecular flexibility index (Phi) is 3.28. The van der Waals surface area contributed by atoms with Crippen molar-refractivity contribution in [2.45, 2.75) is 6.04 Å². The average Bonchev–Trinajstić information content (AvgIpc) is 2.84. The number of aliphatic hydroxyl groups is 1. The summed E-state index contributed by atoms with van der Waals surface area (Å²) in [5.74, 6) is -1.54. The zero-order valence-corrected chi connectivity index (χ0v) is 11.1. The van der Waals surface area contributed by atoms with Crippen LogP contribution in [0.25, 0.3) is 5.76 Å². The second-order valence-corrected chi connectivity index (χ2v) is 4.77. The Morgan fingerprint density at radius 3 is 2.10 bits per heavy atom. The summed E-state index contributed by atoms with van der Waals surface area (Å²) in [6, 6.07) is 17.2. The number of hydrogen-bond donors (Lipinski definition) is 2. The number of Topliss-reactive ketones (excluding diaryl/α,β-unsaturated/α-hetero) is 1. The summed E-state index contributed by atoms with van der Waals surface area (Å²) in [5.41, 5.74) is 1.37. The molecule has 0 unspecified atom stereocenters. The van der Waals surface area contributed by atoms with E-state index in [-0.39, 0.29) is 11.3 Å². The van der Waals surface area contributed by atoms with Gasteiger partial charge in [-0.2, -0.15) is 0 Å². The van der Waals surface area contributed by atoms with Crippen molar-refractivity contribution in [3.05, 3.63) is 77.4 Å². The molecule has 3 rings (SSSR count). The highest BCUT2D eigenvalue weighted by atomic mass is 16.3. The third kappa shape index (κ3) is 2.31. The number of benzene rings is 2. The number of aliphatic hydroxyl groups excluding tert-OH is 1. The van der Waals surface area contributed by atoms with Gasteiger partial charge in [0.05, 0.1) is 11.6 Å². The van der Waals surface area contributed by atoms with Crippen LogP contribution in [0.5, 0.6) is 0 Å². The quantitative estimate of drug-likeness (QED) is 0.504. The lowest BCUT2D eigenvalue weighted by molar-refractivity contribution is -0.133. The highest BCUT2D eigenvalue weighted by Gasteiger charge is 2.39. The molecule has 1 fully saturated rings. The van der Waals surface area contributed by atoms with Gasteiger partial charge in [0.25, 0.3) is 11.7 Å². The minimum atomic E-state index is -0.693. The van der Waals surface area contributed by atoms with E-state index in [9.17, 15) is 14.7 Å². The maximum atomic E-state index is 12.1. The highest BCUT2D eigenvalue weighted by Crippen LogP contribution is 2.32. The highest BCUT2D eigenvalue weighted by molar-refractivity contribution is 6.46. The summed E-state index contributed by atoms with van der Waals surface area (Å²) in [5, 5.41) is 13.0. The van der Waals surface area contributed by atoms with Gasteiger partial charge in [0.1, 0.15) is 5.76 Å². The third-order valence-corrected chi connectivity index (χ3v) is 3.45. The molecule has 104 valence electrons. The molecule has 0 radical (unpaired) electrons. The molecule has 4 heteroatoms. The Hall–Kier alpha value is -2.88. The fourth-order valence-corrected chi connectivity index (χ4v) is 2.41. The van der Waals surface area contributed by atoms with Crippen LogP contribution in [0.4, 0.5) is 0 Å². The van der Waals surface area contributed by atoms with E-state index in [0.717, 1.165) is 5.56 Å². The van der Waals surface area contributed by atoms with Gasteiger partial charge in [-0.15, -0.1) is 0 Å². The first-order valence-corrected chi connectivity index (χ1v) is 6.57. The van der Waals surface area contributed by atoms with Crippen molar-refractivity contribution >= 4 is 17.4 Å². The van der Waals surface area contributed by atoms with Crippen molar-refractivity contribution in [2.75, 3.05) is 0 Å². The largest absolute Gasteiger partial charge is 0.507 e. The molecule has 0 spiro atoms. The van der Waals surface area contributed by atoms with Crippen LogP contribution in [0, 0.1) is 0 Å². The second-order valence-electron chi connectivity index (χ2n) is 4.77. The molecule has 1 amide bonds. The molecule has 21 heavy (non-hydrogen) atoms. The minimum absolute atomic E-state index is 0.0948. The molecule has 0 bridgehead atoms. The molecule has 1 atom stereocenters. The molecule has 0 aliphatic carbocycles. The standard InChI is InChI=1S/C17H13NO3/c19-15(12-9-5-2-6-10-12)13-14(18-17(21)16(13)20)11-7-3-1-4-8-11/h1-10,14,19H,(H,18,21)/b15-13+/t14-/m0/s1. The van der Waals surface area contributed by atoms with Gasteiger partial charge in [-0.1, -0.05) is 60.7 Å². The van der Waals surface area contributed by atoms with Crippen LogP contribution in [-0.2, 0) is 9.59 Å². The molecule has 1 heterocycles. The first kappa shape index (κ1) is 13.1.